The molecule has 0 aliphatic rings. The van der Waals surface area contributed by atoms with Gasteiger partial charge in [0.1, 0.15) is 0 Å². The van der Waals surface area contributed by atoms with Crippen LogP contribution in [0, 0.1) is 6.92 Å². The number of nitrogens with zero attached hydrogens (tertiary/aromatic N) is 2. The second-order valence-electron chi connectivity index (χ2n) is 6.85. The fourth-order valence-corrected chi connectivity index (χ4v) is 3.38. The van der Waals surface area contributed by atoms with Crippen molar-refractivity contribution in [2.24, 2.45) is 0 Å². The van der Waals surface area contributed by atoms with Crippen LogP contribution >= 0.6 is 0 Å². The number of aromatic nitrogens is 2. The number of anilines is 1. The van der Waals surface area contributed by atoms with E-state index < -0.39 is 0 Å². The van der Waals surface area contributed by atoms with Gasteiger partial charge in [0, 0.05) is 37.3 Å². The maximum absolute atomic E-state index is 12.7. The molecule has 2 aromatic carbocycles. The fraction of sp³-hybridized carbons (Fsp3) is 0.318. The van der Waals surface area contributed by atoms with Gasteiger partial charge in [0.05, 0.1) is 11.0 Å². The molecular formula is C22H26N4O3. The summed E-state index contributed by atoms with van der Waals surface area (Å²) in [5.74, 6) is -0.386. The lowest BCUT2D eigenvalue weighted by molar-refractivity contribution is -0.116. The van der Waals surface area contributed by atoms with Crippen molar-refractivity contribution in [3.63, 3.8) is 0 Å². The Bertz CT molecular complexity index is 1110. The summed E-state index contributed by atoms with van der Waals surface area (Å²) in [6, 6.07) is 12.8. The van der Waals surface area contributed by atoms with Crippen LogP contribution in [0.15, 0.2) is 47.3 Å². The molecule has 0 spiro atoms. The summed E-state index contributed by atoms with van der Waals surface area (Å²) in [6.45, 7) is 7.05. The molecule has 1 aromatic heterocycles. The number of nitrogens with one attached hydrogen (secondary N) is 2. The minimum absolute atomic E-state index is 0.115. The quantitative estimate of drug-likeness (QED) is 0.646. The molecule has 0 bridgehead atoms. The molecule has 152 valence electrons. The van der Waals surface area contributed by atoms with E-state index >= 15 is 0 Å². The van der Waals surface area contributed by atoms with Gasteiger partial charge in [0.15, 0.2) is 0 Å². The first kappa shape index (κ1) is 20.4. The van der Waals surface area contributed by atoms with E-state index in [2.05, 4.69) is 10.6 Å². The van der Waals surface area contributed by atoms with Gasteiger partial charge in [0.2, 0.25) is 5.91 Å². The lowest BCUT2D eigenvalue weighted by Crippen LogP contribution is -2.26. The van der Waals surface area contributed by atoms with E-state index in [0.717, 1.165) is 16.6 Å². The molecule has 3 aromatic rings. The van der Waals surface area contributed by atoms with Crippen LogP contribution in [-0.2, 0) is 17.9 Å². The number of carbonyl (C=O) groups is 2. The topological polar surface area (TPSA) is 85.1 Å². The first-order chi connectivity index (χ1) is 14.0. The predicted octanol–water partition coefficient (Wildman–Crippen LogP) is 2.91. The van der Waals surface area contributed by atoms with Crippen molar-refractivity contribution in [3.05, 3.63) is 64.1 Å². The molecule has 2 N–H and O–H groups in total. The molecular weight excluding hydrogens is 368 g/mol. The minimum atomic E-state index is -0.207. The summed E-state index contributed by atoms with van der Waals surface area (Å²) in [5, 5.41) is 5.61. The van der Waals surface area contributed by atoms with E-state index in [0.29, 0.717) is 24.3 Å². The predicted molar refractivity (Wildman–Crippen MR) is 114 cm³/mol. The number of amides is 2. The molecule has 7 heteroatoms. The molecule has 3 rings (SSSR count). The Labute approximate surface area is 169 Å². The molecule has 0 aliphatic heterocycles. The Morgan fingerprint density at radius 3 is 2.34 bits per heavy atom. The maximum Gasteiger partial charge on any atom is 0.329 e. The number of aryl methyl sites for hydroxylation is 3. The fourth-order valence-electron chi connectivity index (χ4n) is 3.38. The third-order valence-electron chi connectivity index (χ3n) is 4.92. The van der Waals surface area contributed by atoms with E-state index in [1.807, 2.05) is 45.0 Å². The largest absolute Gasteiger partial charge is 0.352 e. The van der Waals surface area contributed by atoms with Crippen LogP contribution in [0.4, 0.5) is 5.69 Å². The van der Waals surface area contributed by atoms with Gasteiger partial charge >= 0.3 is 5.69 Å². The first-order valence-corrected chi connectivity index (χ1v) is 9.83. The highest BCUT2D eigenvalue weighted by atomic mass is 16.2. The molecule has 2 amide bonds. The highest BCUT2D eigenvalue weighted by molar-refractivity contribution is 5.97. The zero-order chi connectivity index (χ0) is 21.0. The molecule has 0 unspecified atom stereocenters. The molecule has 29 heavy (non-hydrogen) atoms. The maximum atomic E-state index is 12.7. The molecule has 0 aliphatic carbocycles. The monoisotopic (exact) mass is 394 g/mol. The minimum Gasteiger partial charge on any atom is -0.352 e. The summed E-state index contributed by atoms with van der Waals surface area (Å²) in [6.07, 6.45) is 0.155. The number of para-hydroxylation sites is 2. The summed E-state index contributed by atoms with van der Waals surface area (Å²) < 4.78 is 3.34. The number of hydrogen-bond acceptors (Lipinski definition) is 3. The van der Waals surface area contributed by atoms with Crippen molar-refractivity contribution in [1.82, 2.24) is 14.5 Å². The third-order valence-corrected chi connectivity index (χ3v) is 4.92. The first-order valence-electron chi connectivity index (χ1n) is 9.83. The van der Waals surface area contributed by atoms with Gasteiger partial charge in [0.25, 0.3) is 5.91 Å². The van der Waals surface area contributed by atoms with E-state index in [4.69, 9.17) is 0 Å². The van der Waals surface area contributed by atoms with Gasteiger partial charge in [-0.2, -0.15) is 0 Å². The normalized spacial score (nSPS) is 10.9. The van der Waals surface area contributed by atoms with Gasteiger partial charge in [-0.3, -0.25) is 18.7 Å². The Kier molecular flexibility index (Phi) is 6.16. The summed E-state index contributed by atoms with van der Waals surface area (Å²) >= 11 is 0. The van der Waals surface area contributed by atoms with E-state index in [-0.39, 0.29) is 30.5 Å². The Morgan fingerprint density at radius 1 is 1.00 bits per heavy atom. The van der Waals surface area contributed by atoms with Crippen LogP contribution in [0.3, 0.4) is 0 Å². The van der Waals surface area contributed by atoms with Crippen LogP contribution < -0.4 is 16.3 Å². The smallest absolute Gasteiger partial charge is 0.329 e. The van der Waals surface area contributed by atoms with Crippen LogP contribution in [-0.4, -0.2) is 27.5 Å². The van der Waals surface area contributed by atoms with Gasteiger partial charge in [-0.15, -0.1) is 0 Å². The number of imidazole rings is 1. The van der Waals surface area contributed by atoms with Gasteiger partial charge in [-0.1, -0.05) is 18.2 Å². The molecule has 0 saturated heterocycles. The average molecular weight is 394 g/mol. The second kappa shape index (κ2) is 8.77. The lowest BCUT2D eigenvalue weighted by Gasteiger charge is -2.11. The van der Waals surface area contributed by atoms with Crippen molar-refractivity contribution in [2.75, 3.05) is 11.9 Å². The van der Waals surface area contributed by atoms with Crippen molar-refractivity contribution < 1.29 is 9.59 Å². The van der Waals surface area contributed by atoms with Crippen molar-refractivity contribution in [2.45, 2.75) is 40.3 Å². The summed E-state index contributed by atoms with van der Waals surface area (Å²) in [4.78, 5) is 37.2. The Hall–Kier alpha value is -3.35. The Morgan fingerprint density at radius 2 is 1.69 bits per heavy atom. The molecule has 0 fully saturated rings. The molecule has 7 nitrogen and oxygen atoms in total. The molecule has 0 saturated carbocycles. The molecule has 0 radical (unpaired) electrons. The SMILES string of the molecule is CCNC(=O)c1ccc(C)c(NC(=O)CCn2c(=O)n(CC)c3ccccc32)c1. The lowest BCUT2D eigenvalue weighted by atomic mass is 10.1. The van der Waals surface area contributed by atoms with Crippen molar-refractivity contribution in [3.8, 4) is 0 Å². The van der Waals surface area contributed by atoms with Gasteiger partial charge in [-0.05, 0) is 50.6 Å². The van der Waals surface area contributed by atoms with Gasteiger partial charge in [-0.25, -0.2) is 4.79 Å². The van der Waals surface area contributed by atoms with E-state index in [1.165, 1.54) is 0 Å². The zero-order valence-corrected chi connectivity index (χ0v) is 17.0. The number of benzene rings is 2. The number of fused-ring (bicyclic) bond motifs is 1. The molecule has 0 atom stereocenters. The standard InChI is InChI=1S/C22H26N4O3/c1-4-23-21(28)16-11-10-15(3)17(14-16)24-20(27)12-13-26-19-9-7-6-8-18(19)25(5-2)22(26)29/h6-11,14H,4-5,12-13H2,1-3H3,(H,23,28)(H,24,27). The number of rotatable bonds is 7. The number of carbonyl (C=O) groups excluding carboxylic acids is 2. The van der Waals surface area contributed by atoms with E-state index in [1.54, 1.807) is 27.3 Å². The molecule has 1 heterocycles. The highest BCUT2D eigenvalue weighted by Gasteiger charge is 2.14. The second-order valence-corrected chi connectivity index (χ2v) is 6.85. The van der Waals surface area contributed by atoms with Crippen LogP contribution in [0.2, 0.25) is 0 Å². The van der Waals surface area contributed by atoms with Crippen LogP contribution in [0.5, 0.6) is 0 Å². The van der Waals surface area contributed by atoms with Crippen molar-refractivity contribution in [1.29, 1.82) is 0 Å². The third kappa shape index (κ3) is 4.23. The van der Waals surface area contributed by atoms with E-state index in [9.17, 15) is 14.4 Å². The van der Waals surface area contributed by atoms with Crippen LogP contribution in [0.25, 0.3) is 11.0 Å². The van der Waals surface area contributed by atoms with Crippen LogP contribution in [0.1, 0.15) is 36.2 Å². The van der Waals surface area contributed by atoms with Crippen molar-refractivity contribution >= 4 is 28.5 Å². The summed E-state index contributed by atoms with van der Waals surface area (Å²) in [5.41, 5.74) is 3.53. The number of hydrogen-bond donors (Lipinski definition) is 2. The zero-order valence-electron chi connectivity index (χ0n) is 17.0. The Balaban J connectivity index is 1.75. The van der Waals surface area contributed by atoms with Gasteiger partial charge < -0.3 is 10.6 Å². The highest BCUT2D eigenvalue weighted by Crippen LogP contribution is 2.18. The summed E-state index contributed by atoms with van der Waals surface area (Å²) in [7, 11) is 0. The average Bonchev–Trinajstić information content (AvgIpc) is 2.98.